The Morgan fingerprint density at radius 3 is 2.36 bits per heavy atom. The molecular formula is C9H13LiO. The molecule has 0 saturated heterocycles. The number of benzene rings is 1. The van der Waals surface area contributed by atoms with Crippen molar-refractivity contribution in [2.45, 2.75) is 19.4 Å². The van der Waals surface area contributed by atoms with Crippen LogP contribution in [0.15, 0.2) is 30.3 Å². The summed E-state index contributed by atoms with van der Waals surface area (Å²) in [6, 6.07) is 9.70. The van der Waals surface area contributed by atoms with Crippen molar-refractivity contribution in [3.05, 3.63) is 35.9 Å². The van der Waals surface area contributed by atoms with Crippen LogP contribution < -0.4 is 18.9 Å². The second kappa shape index (κ2) is 5.43. The zero-order valence-electron chi connectivity index (χ0n) is 8.12. The SMILES string of the molecule is CCC(O)c1ccccc1.[H-].[Li+]. The van der Waals surface area contributed by atoms with Gasteiger partial charge in [-0.1, -0.05) is 37.3 Å². The van der Waals surface area contributed by atoms with Crippen molar-refractivity contribution in [3.8, 4) is 0 Å². The molecule has 0 fully saturated rings. The fourth-order valence-corrected chi connectivity index (χ4v) is 0.911. The Morgan fingerprint density at radius 2 is 1.91 bits per heavy atom. The molecule has 1 atom stereocenters. The van der Waals surface area contributed by atoms with Crippen LogP contribution in [0, 0.1) is 0 Å². The van der Waals surface area contributed by atoms with E-state index in [4.69, 9.17) is 0 Å². The number of rotatable bonds is 2. The smallest absolute Gasteiger partial charge is 1.00 e. The predicted molar refractivity (Wildman–Crippen MR) is 42.8 cm³/mol. The molecule has 1 aromatic rings. The van der Waals surface area contributed by atoms with Crippen molar-refractivity contribution in [1.29, 1.82) is 0 Å². The van der Waals surface area contributed by atoms with Gasteiger partial charge < -0.3 is 6.53 Å². The van der Waals surface area contributed by atoms with E-state index in [1.165, 1.54) is 0 Å². The molecule has 11 heavy (non-hydrogen) atoms. The van der Waals surface area contributed by atoms with Crippen LogP contribution in [0.3, 0.4) is 0 Å². The summed E-state index contributed by atoms with van der Waals surface area (Å²) in [5.41, 5.74) is 1.00. The van der Waals surface area contributed by atoms with Crippen molar-refractivity contribution in [2.75, 3.05) is 0 Å². The molecular weight excluding hydrogens is 131 g/mol. The molecule has 0 heterocycles. The first-order chi connectivity index (χ1) is 4.84. The minimum atomic E-state index is -0.291. The van der Waals surface area contributed by atoms with Gasteiger partial charge in [-0.3, -0.25) is 0 Å². The zero-order chi connectivity index (χ0) is 7.40. The quantitative estimate of drug-likeness (QED) is 0.541. The van der Waals surface area contributed by atoms with Crippen LogP contribution in [-0.4, -0.2) is 5.11 Å². The maximum Gasteiger partial charge on any atom is 1.00 e. The Hall–Kier alpha value is -0.223. The van der Waals surface area contributed by atoms with E-state index >= 15 is 0 Å². The maximum atomic E-state index is 9.33. The van der Waals surface area contributed by atoms with E-state index in [1.807, 2.05) is 37.3 Å². The molecule has 0 aliphatic heterocycles. The molecule has 1 N–H and O–H groups in total. The topological polar surface area (TPSA) is 20.2 Å². The van der Waals surface area contributed by atoms with Gasteiger partial charge in [0.2, 0.25) is 0 Å². The molecule has 56 valence electrons. The van der Waals surface area contributed by atoms with Gasteiger partial charge in [0.1, 0.15) is 0 Å². The van der Waals surface area contributed by atoms with E-state index in [0.29, 0.717) is 0 Å². The molecule has 0 saturated carbocycles. The Kier molecular flexibility index (Phi) is 5.32. The van der Waals surface area contributed by atoms with Gasteiger partial charge in [0, 0.05) is 0 Å². The summed E-state index contributed by atoms with van der Waals surface area (Å²) >= 11 is 0. The monoisotopic (exact) mass is 144 g/mol. The summed E-state index contributed by atoms with van der Waals surface area (Å²) in [4.78, 5) is 0. The molecule has 0 aromatic heterocycles. The van der Waals surface area contributed by atoms with E-state index in [-0.39, 0.29) is 26.4 Å². The van der Waals surface area contributed by atoms with E-state index in [0.717, 1.165) is 12.0 Å². The Balaban J connectivity index is 0. The summed E-state index contributed by atoms with van der Waals surface area (Å²) < 4.78 is 0. The summed E-state index contributed by atoms with van der Waals surface area (Å²) in [7, 11) is 0. The number of aliphatic hydroxyl groups excluding tert-OH is 1. The van der Waals surface area contributed by atoms with Crippen molar-refractivity contribution in [1.82, 2.24) is 0 Å². The van der Waals surface area contributed by atoms with Crippen LogP contribution in [0.25, 0.3) is 0 Å². The van der Waals surface area contributed by atoms with E-state index in [9.17, 15) is 5.11 Å². The van der Waals surface area contributed by atoms with Gasteiger partial charge in [-0.2, -0.15) is 0 Å². The van der Waals surface area contributed by atoms with Gasteiger partial charge in [0.15, 0.2) is 0 Å². The second-order valence-electron chi connectivity index (χ2n) is 2.33. The minimum Gasteiger partial charge on any atom is -1.00 e. The third kappa shape index (κ3) is 3.12. The van der Waals surface area contributed by atoms with Gasteiger partial charge in [0.05, 0.1) is 6.10 Å². The molecule has 0 aliphatic rings. The molecule has 1 nitrogen and oxygen atoms in total. The molecule has 0 radical (unpaired) electrons. The van der Waals surface area contributed by atoms with Gasteiger partial charge in [-0.05, 0) is 12.0 Å². The van der Waals surface area contributed by atoms with Gasteiger partial charge in [-0.15, -0.1) is 0 Å². The molecule has 2 heteroatoms. The predicted octanol–water partition coefficient (Wildman–Crippen LogP) is -0.754. The summed E-state index contributed by atoms with van der Waals surface area (Å²) in [6.07, 6.45) is 0.491. The third-order valence-electron chi connectivity index (χ3n) is 1.57. The van der Waals surface area contributed by atoms with Crippen LogP contribution in [0.4, 0.5) is 0 Å². The molecule has 1 rings (SSSR count). The largest absolute Gasteiger partial charge is 1.00 e. The van der Waals surface area contributed by atoms with Crippen LogP contribution in [0.5, 0.6) is 0 Å². The Morgan fingerprint density at radius 1 is 1.36 bits per heavy atom. The number of hydrogen-bond donors (Lipinski definition) is 1. The zero-order valence-corrected chi connectivity index (χ0v) is 7.12. The average molecular weight is 144 g/mol. The number of aliphatic hydroxyl groups is 1. The van der Waals surface area contributed by atoms with Gasteiger partial charge in [-0.25, -0.2) is 0 Å². The van der Waals surface area contributed by atoms with Crippen LogP contribution >= 0.6 is 0 Å². The first-order valence-electron chi connectivity index (χ1n) is 3.57. The van der Waals surface area contributed by atoms with Crippen molar-refractivity contribution < 1.29 is 25.4 Å². The van der Waals surface area contributed by atoms with Crippen LogP contribution in [0.2, 0.25) is 0 Å². The van der Waals surface area contributed by atoms with Gasteiger partial charge >= 0.3 is 18.9 Å². The maximum absolute atomic E-state index is 9.33. The Labute approximate surface area is 81.1 Å². The van der Waals surface area contributed by atoms with Crippen molar-refractivity contribution in [2.24, 2.45) is 0 Å². The summed E-state index contributed by atoms with van der Waals surface area (Å²) in [5.74, 6) is 0. The summed E-state index contributed by atoms with van der Waals surface area (Å²) in [5, 5.41) is 9.33. The average Bonchev–Trinajstić information content (AvgIpc) is 2.05. The van der Waals surface area contributed by atoms with Gasteiger partial charge in [0.25, 0.3) is 0 Å². The van der Waals surface area contributed by atoms with E-state index in [1.54, 1.807) is 0 Å². The molecule has 0 bridgehead atoms. The fourth-order valence-electron chi connectivity index (χ4n) is 0.911. The second-order valence-corrected chi connectivity index (χ2v) is 2.33. The van der Waals surface area contributed by atoms with Crippen LogP contribution in [0.1, 0.15) is 26.4 Å². The molecule has 1 aromatic carbocycles. The van der Waals surface area contributed by atoms with Crippen molar-refractivity contribution >= 4 is 0 Å². The van der Waals surface area contributed by atoms with Crippen LogP contribution in [-0.2, 0) is 0 Å². The first-order valence-corrected chi connectivity index (χ1v) is 3.57. The number of hydrogen-bond acceptors (Lipinski definition) is 1. The van der Waals surface area contributed by atoms with Crippen molar-refractivity contribution in [3.63, 3.8) is 0 Å². The third-order valence-corrected chi connectivity index (χ3v) is 1.57. The normalized spacial score (nSPS) is 11.8. The first kappa shape index (κ1) is 10.8. The molecule has 0 spiro atoms. The van der Waals surface area contributed by atoms with E-state index < -0.39 is 0 Å². The molecule has 1 unspecified atom stereocenters. The summed E-state index contributed by atoms with van der Waals surface area (Å²) in [6.45, 7) is 1.97. The minimum absolute atomic E-state index is 0. The molecule has 0 aliphatic carbocycles. The fraction of sp³-hybridized carbons (Fsp3) is 0.333. The standard InChI is InChI=1S/C9H12O.Li.H/c1-2-9(10)8-6-4-3-5-7-8;;/h3-7,9-10H,2H2,1H3;;/q;+1;-1. The molecule has 0 amide bonds. The van der Waals surface area contributed by atoms with E-state index in [2.05, 4.69) is 0 Å². The Bertz CT molecular complexity index is 191.